The van der Waals surface area contributed by atoms with Gasteiger partial charge in [0.1, 0.15) is 0 Å². The maximum atomic E-state index is 10.8. The van der Waals surface area contributed by atoms with Crippen molar-refractivity contribution < 1.29 is 4.79 Å². The van der Waals surface area contributed by atoms with Gasteiger partial charge in [-0.25, -0.2) is 10.2 Å². The third-order valence-electron chi connectivity index (χ3n) is 5.75. The Kier molecular flexibility index (Phi) is 3.16. The number of nitrogens with one attached hydrogen (secondary N) is 1. The first kappa shape index (κ1) is 13.4. The summed E-state index contributed by atoms with van der Waals surface area (Å²) in [6.07, 6.45) is 4.68. The van der Waals surface area contributed by atoms with Crippen molar-refractivity contribution in [3.63, 3.8) is 0 Å². The van der Waals surface area contributed by atoms with E-state index in [4.69, 9.17) is 5.73 Å². The van der Waals surface area contributed by atoms with Gasteiger partial charge in [-0.2, -0.15) is 5.10 Å². The molecule has 2 bridgehead atoms. The zero-order chi connectivity index (χ0) is 13.6. The van der Waals surface area contributed by atoms with Gasteiger partial charge >= 0.3 is 6.03 Å². The molecule has 2 rings (SSSR count). The van der Waals surface area contributed by atoms with Crippen LogP contribution in [0.15, 0.2) is 5.10 Å². The van der Waals surface area contributed by atoms with Crippen molar-refractivity contribution in [1.82, 2.24) is 5.43 Å². The lowest BCUT2D eigenvalue weighted by Gasteiger charge is -2.34. The summed E-state index contributed by atoms with van der Waals surface area (Å²) in [6.45, 7) is 9.28. The Morgan fingerprint density at radius 1 is 1.44 bits per heavy atom. The minimum absolute atomic E-state index is 0.375. The van der Waals surface area contributed by atoms with Gasteiger partial charge in [0.25, 0.3) is 0 Å². The van der Waals surface area contributed by atoms with Crippen LogP contribution in [0.2, 0.25) is 0 Å². The molecule has 0 spiro atoms. The molecule has 0 aliphatic heterocycles. The molecule has 2 aliphatic carbocycles. The Morgan fingerprint density at radius 3 is 2.50 bits per heavy atom. The summed E-state index contributed by atoms with van der Waals surface area (Å²) in [6, 6.07) is -0.574. The van der Waals surface area contributed by atoms with E-state index < -0.39 is 6.03 Å². The largest absolute Gasteiger partial charge is 0.350 e. The molecule has 3 N–H and O–H groups in total. The minimum atomic E-state index is -0.574. The number of urea groups is 1. The van der Waals surface area contributed by atoms with E-state index in [-0.39, 0.29) is 0 Å². The summed E-state index contributed by atoms with van der Waals surface area (Å²) in [5.74, 6) is 1.20. The molecule has 0 radical (unpaired) electrons. The summed E-state index contributed by atoms with van der Waals surface area (Å²) in [7, 11) is 0. The summed E-state index contributed by atoms with van der Waals surface area (Å²) in [5.41, 5.74) is 9.40. The molecule has 2 amide bonds. The maximum Gasteiger partial charge on any atom is 0.332 e. The van der Waals surface area contributed by atoms with Crippen molar-refractivity contribution in [3.05, 3.63) is 0 Å². The molecular weight excluding hydrogens is 226 g/mol. The van der Waals surface area contributed by atoms with Crippen LogP contribution in [-0.4, -0.2) is 11.7 Å². The molecule has 0 unspecified atom stereocenters. The van der Waals surface area contributed by atoms with E-state index in [1.165, 1.54) is 19.3 Å². The lowest BCUT2D eigenvalue weighted by Crippen LogP contribution is -2.30. The van der Waals surface area contributed by atoms with Crippen molar-refractivity contribution in [2.24, 2.45) is 33.5 Å². The number of primary amides is 1. The van der Waals surface area contributed by atoms with Crippen molar-refractivity contribution >= 4 is 11.7 Å². The second-order valence-electron chi connectivity index (χ2n) is 6.67. The molecule has 3 atom stereocenters. The Bertz CT molecular complexity index is 386. The molecule has 2 saturated carbocycles. The van der Waals surface area contributed by atoms with E-state index in [0.29, 0.717) is 22.7 Å². The van der Waals surface area contributed by atoms with Crippen LogP contribution < -0.4 is 11.2 Å². The number of carbonyl (C=O) groups excluding carboxylic acids is 1. The Hall–Kier alpha value is -1.06. The Balaban J connectivity index is 2.21. The number of hydrogen-bond acceptors (Lipinski definition) is 2. The third kappa shape index (κ3) is 1.82. The number of fused-ring (bicyclic) bond motifs is 2. The van der Waals surface area contributed by atoms with Crippen molar-refractivity contribution in [1.29, 1.82) is 0 Å². The molecule has 0 heterocycles. The summed E-state index contributed by atoms with van der Waals surface area (Å²) in [5, 5.41) is 4.23. The summed E-state index contributed by atoms with van der Waals surface area (Å²) >= 11 is 0. The van der Waals surface area contributed by atoms with E-state index in [9.17, 15) is 4.79 Å². The monoisotopic (exact) mass is 251 g/mol. The van der Waals surface area contributed by atoms with Crippen LogP contribution in [0.3, 0.4) is 0 Å². The van der Waals surface area contributed by atoms with Crippen molar-refractivity contribution in [2.75, 3.05) is 0 Å². The highest BCUT2D eigenvalue weighted by Gasteiger charge is 2.61. The van der Waals surface area contributed by atoms with Gasteiger partial charge < -0.3 is 5.73 Å². The van der Waals surface area contributed by atoms with Crippen LogP contribution in [-0.2, 0) is 0 Å². The molecule has 0 aromatic rings. The molecular formula is C14H25N3O. The normalized spacial score (nSPS) is 37.9. The highest BCUT2D eigenvalue weighted by Crippen LogP contribution is 2.67. The predicted octanol–water partition coefficient (Wildman–Crippen LogP) is 2.88. The van der Waals surface area contributed by atoms with Crippen molar-refractivity contribution in [2.45, 2.75) is 53.4 Å². The second kappa shape index (κ2) is 4.25. The Morgan fingerprint density at radius 2 is 2.11 bits per heavy atom. The van der Waals surface area contributed by atoms with E-state index in [1.807, 2.05) is 0 Å². The number of carbonyl (C=O) groups is 1. The van der Waals surface area contributed by atoms with Gasteiger partial charge in [0.15, 0.2) is 0 Å². The minimum Gasteiger partial charge on any atom is -0.350 e. The first-order valence-corrected chi connectivity index (χ1v) is 6.93. The SMILES string of the molecule is CC/C(=N/NC(N)=O)[C@@H]1C[C@]2(C)CC[C@@H]1C2(C)C. The van der Waals surface area contributed by atoms with Crippen LogP contribution in [0, 0.1) is 22.7 Å². The highest BCUT2D eigenvalue weighted by molar-refractivity contribution is 5.88. The molecule has 0 saturated heterocycles. The standard InChI is InChI=1S/C14H25N3O/c1-5-11(16-17-12(15)18)9-8-14(4)7-6-10(9)13(14,2)3/h9-10H,5-8H2,1-4H3,(H3,15,17,18)/b16-11-/t9-,10+,14+/m1/s1. The number of amides is 2. The van der Waals surface area contributed by atoms with Crippen LogP contribution in [0.25, 0.3) is 0 Å². The van der Waals surface area contributed by atoms with Gasteiger partial charge in [0.05, 0.1) is 0 Å². The number of rotatable bonds is 3. The van der Waals surface area contributed by atoms with E-state index >= 15 is 0 Å². The molecule has 18 heavy (non-hydrogen) atoms. The van der Waals surface area contributed by atoms with Crippen LogP contribution in [0.4, 0.5) is 4.79 Å². The predicted molar refractivity (Wildman–Crippen MR) is 73.2 cm³/mol. The average Bonchev–Trinajstić information content (AvgIpc) is 2.61. The maximum absolute atomic E-state index is 10.8. The molecule has 4 heteroatoms. The summed E-state index contributed by atoms with van der Waals surface area (Å²) in [4.78, 5) is 10.8. The van der Waals surface area contributed by atoms with Gasteiger partial charge in [0.2, 0.25) is 0 Å². The van der Waals surface area contributed by atoms with E-state index in [1.54, 1.807) is 0 Å². The smallest absolute Gasteiger partial charge is 0.332 e. The molecule has 4 nitrogen and oxygen atoms in total. The number of hydrogen-bond donors (Lipinski definition) is 2. The first-order chi connectivity index (χ1) is 8.32. The van der Waals surface area contributed by atoms with E-state index in [2.05, 4.69) is 38.2 Å². The molecule has 2 aliphatic rings. The van der Waals surface area contributed by atoms with Crippen molar-refractivity contribution in [3.8, 4) is 0 Å². The number of nitrogens with zero attached hydrogens (tertiary/aromatic N) is 1. The van der Waals surface area contributed by atoms with Gasteiger partial charge in [-0.05, 0) is 42.4 Å². The fourth-order valence-electron chi connectivity index (χ4n) is 4.20. The second-order valence-corrected chi connectivity index (χ2v) is 6.67. The summed E-state index contributed by atoms with van der Waals surface area (Å²) < 4.78 is 0. The quantitative estimate of drug-likeness (QED) is 0.588. The van der Waals surface area contributed by atoms with E-state index in [0.717, 1.165) is 12.1 Å². The number of hydrazone groups is 1. The highest BCUT2D eigenvalue weighted by atomic mass is 16.2. The Labute approximate surface area is 109 Å². The third-order valence-corrected chi connectivity index (χ3v) is 5.75. The van der Waals surface area contributed by atoms with Gasteiger partial charge in [-0.1, -0.05) is 27.7 Å². The fraction of sp³-hybridized carbons (Fsp3) is 0.857. The molecule has 0 aromatic carbocycles. The zero-order valence-corrected chi connectivity index (χ0v) is 11.9. The van der Waals surface area contributed by atoms with Gasteiger partial charge in [-0.3, -0.25) is 0 Å². The lowest BCUT2D eigenvalue weighted by molar-refractivity contribution is 0.152. The average molecular weight is 251 g/mol. The topological polar surface area (TPSA) is 67.5 Å². The number of nitrogens with two attached hydrogens (primary N) is 1. The first-order valence-electron chi connectivity index (χ1n) is 6.93. The molecule has 2 fully saturated rings. The van der Waals surface area contributed by atoms with Gasteiger partial charge in [-0.15, -0.1) is 0 Å². The van der Waals surface area contributed by atoms with Crippen LogP contribution in [0.5, 0.6) is 0 Å². The van der Waals surface area contributed by atoms with Crippen LogP contribution in [0.1, 0.15) is 53.4 Å². The van der Waals surface area contributed by atoms with Crippen LogP contribution >= 0.6 is 0 Å². The lowest BCUT2D eigenvalue weighted by atomic mass is 9.71. The van der Waals surface area contributed by atoms with Gasteiger partial charge in [0, 0.05) is 11.6 Å². The zero-order valence-electron chi connectivity index (χ0n) is 11.9. The molecule has 102 valence electrons. The molecule has 0 aromatic heterocycles. The fourth-order valence-corrected chi connectivity index (χ4v) is 4.20.